The van der Waals surface area contributed by atoms with Crippen LogP contribution in [0.25, 0.3) is 0 Å². The molecule has 1 rings (SSSR count). The maximum Gasteiger partial charge on any atom is 0.0967 e. The second kappa shape index (κ2) is 11.0. The van der Waals surface area contributed by atoms with Crippen molar-refractivity contribution in [2.24, 2.45) is 0 Å². The Morgan fingerprint density at radius 1 is 0.824 bits per heavy atom. The first-order chi connectivity index (χ1) is 8.43. The third-order valence-electron chi connectivity index (χ3n) is 3.78. The van der Waals surface area contributed by atoms with Crippen molar-refractivity contribution in [3.05, 3.63) is 0 Å². The predicted octanol–water partition coefficient (Wildman–Crippen LogP) is 4.24. The van der Waals surface area contributed by atoms with Crippen LogP contribution in [0.15, 0.2) is 0 Å². The highest BCUT2D eigenvalue weighted by Crippen LogP contribution is 2.16. The van der Waals surface area contributed by atoms with E-state index < -0.39 is 0 Å². The fourth-order valence-corrected chi connectivity index (χ4v) is 2.65. The Kier molecular flexibility index (Phi) is 9.72. The van der Waals surface area contributed by atoms with E-state index in [-0.39, 0.29) is 0 Å². The molecule has 1 fully saturated rings. The van der Waals surface area contributed by atoms with Crippen molar-refractivity contribution in [1.29, 1.82) is 0 Å². The molecule has 1 aliphatic rings. The normalized spacial score (nSPS) is 21.7. The van der Waals surface area contributed by atoms with Gasteiger partial charge in [0.1, 0.15) is 0 Å². The van der Waals surface area contributed by atoms with E-state index in [2.05, 4.69) is 12.2 Å². The van der Waals surface area contributed by atoms with Crippen molar-refractivity contribution in [3.63, 3.8) is 0 Å². The van der Waals surface area contributed by atoms with Crippen molar-refractivity contribution < 1.29 is 4.74 Å². The Morgan fingerprint density at radius 2 is 1.29 bits per heavy atom. The zero-order valence-electron chi connectivity index (χ0n) is 11.7. The van der Waals surface area contributed by atoms with E-state index in [0.29, 0.717) is 6.04 Å². The minimum atomic E-state index is 0.695. The van der Waals surface area contributed by atoms with Gasteiger partial charge in [0.05, 0.1) is 6.73 Å². The molecule has 0 amide bonds. The van der Waals surface area contributed by atoms with E-state index in [1.165, 1.54) is 70.6 Å². The highest BCUT2D eigenvalue weighted by atomic mass is 16.5. The summed E-state index contributed by atoms with van der Waals surface area (Å²) in [4.78, 5) is 0. The first-order valence-corrected chi connectivity index (χ1v) is 7.74. The molecule has 17 heavy (non-hydrogen) atoms. The smallest absolute Gasteiger partial charge is 0.0967 e. The molecule has 1 N–H and O–H groups in total. The largest absolute Gasteiger partial charge is 0.367 e. The Morgan fingerprint density at radius 3 is 1.76 bits per heavy atom. The molecule has 2 nitrogen and oxygen atoms in total. The summed E-state index contributed by atoms with van der Waals surface area (Å²) < 4.78 is 5.40. The molecule has 0 aromatic heterocycles. The van der Waals surface area contributed by atoms with Crippen LogP contribution in [0.3, 0.4) is 0 Å². The molecule has 0 atom stereocenters. The SMILES string of the molecule is CCOCNC1CCCCCCCCCCC1. The van der Waals surface area contributed by atoms with Crippen molar-refractivity contribution in [2.45, 2.75) is 83.6 Å². The molecular formula is C15H31NO. The van der Waals surface area contributed by atoms with Crippen LogP contribution in [0.5, 0.6) is 0 Å². The molecule has 102 valence electrons. The maximum absolute atomic E-state index is 5.40. The van der Waals surface area contributed by atoms with Crippen molar-refractivity contribution in [3.8, 4) is 0 Å². The minimum Gasteiger partial charge on any atom is -0.367 e. The molecule has 0 spiro atoms. The van der Waals surface area contributed by atoms with Gasteiger partial charge in [-0.25, -0.2) is 0 Å². The molecule has 0 saturated heterocycles. The van der Waals surface area contributed by atoms with Crippen LogP contribution in [-0.4, -0.2) is 19.4 Å². The summed E-state index contributed by atoms with van der Waals surface area (Å²) in [5, 5.41) is 3.55. The molecule has 0 aliphatic heterocycles. The van der Waals surface area contributed by atoms with Gasteiger partial charge in [0.2, 0.25) is 0 Å². The number of hydrogen-bond donors (Lipinski definition) is 1. The lowest BCUT2D eigenvalue weighted by Gasteiger charge is -2.19. The Hall–Kier alpha value is -0.0800. The standard InChI is InChI=1S/C15H31NO/c1-2-17-14-16-15-12-10-8-6-4-3-5-7-9-11-13-15/h15-16H,2-14H2,1H3. The highest BCUT2D eigenvalue weighted by molar-refractivity contribution is 4.66. The van der Waals surface area contributed by atoms with Gasteiger partial charge in [0.25, 0.3) is 0 Å². The summed E-state index contributed by atoms with van der Waals surface area (Å²) in [6.07, 6.45) is 15.6. The minimum absolute atomic E-state index is 0.695. The van der Waals surface area contributed by atoms with E-state index in [0.717, 1.165) is 13.3 Å². The highest BCUT2D eigenvalue weighted by Gasteiger charge is 2.08. The number of nitrogens with one attached hydrogen (secondary N) is 1. The predicted molar refractivity (Wildman–Crippen MR) is 74.2 cm³/mol. The lowest BCUT2D eigenvalue weighted by Crippen LogP contribution is -2.31. The van der Waals surface area contributed by atoms with Gasteiger partial charge in [-0.05, 0) is 19.8 Å². The van der Waals surface area contributed by atoms with Gasteiger partial charge < -0.3 is 4.74 Å². The van der Waals surface area contributed by atoms with Gasteiger partial charge in [0.15, 0.2) is 0 Å². The fraction of sp³-hybridized carbons (Fsp3) is 1.00. The van der Waals surface area contributed by atoms with Crippen molar-refractivity contribution in [2.75, 3.05) is 13.3 Å². The van der Waals surface area contributed by atoms with Crippen LogP contribution in [0, 0.1) is 0 Å². The van der Waals surface area contributed by atoms with E-state index in [1.807, 2.05) is 0 Å². The average Bonchev–Trinajstić information content (AvgIpc) is 2.32. The number of rotatable bonds is 4. The summed E-state index contributed by atoms with van der Waals surface area (Å²) in [5.41, 5.74) is 0. The Bertz CT molecular complexity index is 149. The Labute approximate surface area is 108 Å². The van der Waals surface area contributed by atoms with Gasteiger partial charge in [-0.15, -0.1) is 0 Å². The van der Waals surface area contributed by atoms with Crippen LogP contribution in [0.2, 0.25) is 0 Å². The first-order valence-electron chi connectivity index (χ1n) is 7.74. The molecule has 1 aliphatic carbocycles. The lowest BCUT2D eigenvalue weighted by molar-refractivity contribution is 0.116. The van der Waals surface area contributed by atoms with Gasteiger partial charge in [-0.1, -0.05) is 57.8 Å². The number of hydrogen-bond acceptors (Lipinski definition) is 2. The molecular weight excluding hydrogens is 210 g/mol. The fourth-order valence-electron chi connectivity index (χ4n) is 2.65. The Balaban J connectivity index is 2.17. The zero-order valence-corrected chi connectivity index (χ0v) is 11.7. The second-order valence-corrected chi connectivity index (χ2v) is 5.30. The van der Waals surface area contributed by atoms with Gasteiger partial charge >= 0.3 is 0 Å². The quantitative estimate of drug-likeness (QED) is 0.587. The summed E-state index contributed by atoms with van der Waals surface area (Å²) in [7, 11) is 0. The lowest BCUT2D eigenvalue weighted by atomic mass is 9.98. The van der Waals surface area contributed by atoms with Crippen LogP contribution in [0.1, 0.15) is 77.6 Å². The topological polar surface area (TPSA) is 21.3 Å². The van der Waals surface area contributed by atoms with Crippen molar-refractivity contribution in [1.82, 2.24) is 5.32 Å². The molecule has 2 heteroatoms. The molecule has 0 aromatic carbocycles. The van der Waals surface area contributed by atoms with Crippen LogP contribution >= 0.6 is 0 Å². The molecule has 1 saturated carbocycles. The van der Waals surface area contributed by atoms with Gasteiger partial charge in [-0.2, -0.15) is 0 Å². The van der Waals surface area contributed by atoms with E-state index in [9.17, 15) is 0 Å². The van der Waals surface area contributed by atoms with Crippen LogP contribution < -0.4 is 5.32 Å². The van der Waals surface area contributed by atoms with E-state index in [1.54, 1.807) is 0 Å². The maximum atomic E-state index is 5.40. The zero-order chi connectivity index (χ0) is 12.2. The summed E-state index contributed by atoms with van der Waals surface area (Å²) >= 11 is 0. The monoisotopic (exact) mass is 241 g/mol. The number of ether oxygens (including phenoxy) is 1. The molecule has 0 heterocycles. The first kappa shape index (κ1) is 15.0. The summed E-state index contributed by atoms with van der Waals surface area (Å²) in [5.74, 6) is 0. The second-order valence-electron chi connectivity index (χ2n) is 5.30. The third-order valence-corrected chi connectivity index (χ3v) is 3.78. The van der Waals surface area contributed by atoms with E-state index in [4.69, 9.17) is 4.74 Å². The molecule has 0 bridgehead atoms. The van der Waals surface area contributed by atoms with Gasteiger partial charge in [-0.3, -0.25) is 5.32 Å². The van der Waals surface area contributed by atoms with Crippen molar-refractivity contribution >= 4 is 0 Å². The average molecular weight is 241 g/mol. The molecule has 0 radical (unpaired) electrons. The van der Waals surface area contributed by atoms with E-state index >= 15 is 0 Å². The van der Waals surface area contributed by atoms with Crippen LogP contribution in [-0.2, 0) is 4.74 Å². The third kappa shape index (κ3) is 8.62. The molecule has 0 unspecified atom stereocenters. The van der Waals surface area contributed by atoms with Crippen LogP contribution in [0.4, 0.5) is 0 Å². The molecule has 0 aromatic rings. The van der Waals surface area contributed by atoms with Gasteiger partial charge in [0, 0.05) is 12.6 Å². The summed E-state index contributed by atoms with van der Waals surface area (Å²) in [6.45, 7) is 3.61. The summed E-state index contributed by atoms with van der Waals surface area (Å²) in [6, 6.07) is 0.695.